The number of carbonyl (C=O) groups excluding carboxylic acids is 4. The molecule has 2 aliphatic carbocycles. The number of benzene rings is 2. The molecule has 4 unspecified atom stereocenters. The first-order valence-electron chi connectivity index (χ1n) is 16.2. The highest BCUT2D eigenvalue weighted by atomic mass is 16.4. The summed E-state index contributed by atoms with van der Waals surface area (Å²) in [6.07, 6.45) is 6.55. The Balaban J connectivity index is 0.945. The number of nitrogens with one attached hydrogen (secondary N) is 2. The minimum absolute atomic E-state index is 0.0729. The zero-order chi connectivity index (χ0) is 31.2. The van der Waals surface area contributed by atoms with E-state index in [2.05, 4.69) is 29.5 Å². The molecule has 2 aromatic carbocycles. The lowest BCUT2D eigenvalue weighted by atomic mass is 10.1. The Hall–Kier alpha value is -4.47. The van der Waals surface area contributed by atoms with Crippen molar-refractivity contribution in [3.63, 3.8) is 0 Å². The number of amides is 4. The van der Waals surface area contributed by atoms with Gasteiger partial charge < -0.3 is 24.9 Å². The predicted molar refractivity (Wildman–Crippen MR) is 169 cm³/mol. The molecule has 1 aromatic heterocycles. The summed E-state index contributed by atoms with van der Waals surface area (Å²) >= 11 is 0. The van der Waals surface area contributed by atoms with Crippen molar-refractivity contribution in [2.75, 3.05) is 23.7 Å². The molecular weight excluding hydrogens is 570 g/mol. The van der Waals surface area contributed by atoms with Crippen molar-refractivity contribution >= 4 is 35.0 Å². The second-order valence-corrected chi connectivity index (χ2v) is 13.2. The van der Waals surface area contributed by atoms with Crippen molar-refractivity contribution in [2.45, 2.75) is 64.5 Å². The Bertz CT molecular complexity index is 1500. The van der Waals surface area contributed by atoms with E-state index in [4.69, 9.17) is 4.42 Å². The van der Waals surface area contributed by atoms with E-state index in [0.29, 0.717) is 60.8 Å². The Morgan fingerprint density at radius 1 is 0.711 bits per heavy atom. The molecule has 3 heterocycles. The number of nitrogens with zero attached hydrogens (tertiary/aromatic N) is 3. The van der Waals surface area contributed by atoms with Crippen LogP contribution >= 0.6 is 0 Å². The van der Waals surface area contributed by atoms with Crippen LogP contribution in [0.4, 0.5) is 11.4 Å². The van der Waals surface area contributed by atoms with E-state index >= 15 is 0 Å². The molecule has 7 rings (SSSR count). The summed E-state index contributed by atoms with van der Waals surface area (Å²) < 4.78 is 6.04. The fraction of sp³-hybridized carbons (Fsp3) is 0.457. The third-order valence-corrected chi connectivity index (χ3v) is 9.87. The quantitative estimate of drug-likeness (QED) is 0.363. The van der Waals surface area contributed by atoms with Gasteiger partial charge in [-0.3, -0.25) is 19.2 Å². The zero-order valence-corrected chi connectivity index (χ0v) is 25.7. The second kappa shape index (κ2) is 11.8. The van der Waals surface area contributed by atoms with E-state index in [0.717, 1.165) is 36.8 Å². The van der Waals surface area contributed by atoms with Crippen LogP contribution in [-0.4, -0.2) is 63.6 Å². The molecule has 2 aliphatic heterocycles. The third kappa shape index (κ3) is 5.98. The van der Waals surface area contributed by atoms with Gasteiger partial charge in [-0.25, -0.2) is 4.98 Å². The van der Waals surface area contributed by atoms with Gasteiger partial charge in [0.25, 0.3) is 0 Å². The Labute approximate surface area is 262 Å². The number of carbonyl (C=O) groups is 4. The highest BCUT2D eigenvalue weighted by molar-refractivity contribution is 5.99. The molecule has 2 N–H and O–H groups in total. The van der Waals surface area contributed by atoms with Crippen LogP contribution in [-0.2, 0) is 19.2 Å². The Morgan fingerprint density at radius 2 is 1.16 bits per heavy atom. The van der Waals surface area contributed by atoms with Crippen LogP contribution in [0, 0.1) is 23.7 Å². The number of hydrogen-bond donors (Lipinski definition) is 2. The second-order valence-electron chi connectivity index (χ2n) is 13.2. The molecule has 0 radical (unpaired) electrons. The molecule has 2 saturated heterocycles. The van der Waals surface area contributed by atoms with Crippen LogP contribution in [0.3, 0.4) is 0 Å². The van der Waals surface area contributed by atoms with Crippen LogP contribution in [0.15, 0.2) is 59.1 Å². The lowest BCUT2D eigenvalue weighted by Gasteiger charge is -2.24. The van der Waals surface area contributed by atoms with E-state index in [-0.39, 0.29) is 35.5 Å². The SMILES string of the molecule is CC1CC1C(=O)N1CCCC1C(=O)Nc1ccc(-c2cnc(-c3ccc(NC(=O)[C@@H]4CCCN4C(=O)C4C[C@@H]4C)cc3)o2)cc1. The van der Waals surface area contributed by atoms with Gasteiger partial charge >= 0.3 is 0 Å². The van der Waals surface area contributed by atoms with Gasteiger partial charge in [-0.05, 0) is 98.9 Å². The van der Waals surface area contributed by atoms with Gasteiger partial charge in [0.15, 0.2) is 5.76 Å². The van der Waals surface area contributed by atoms with Crippen LogP contribution in [0.1, 0.15) is 52.4 Å². The summed E-state index contributed by atoms with van der Waals surface area (Å²) in [7, 11) is 0. The van der Waals surface area contributed by atoms with Crippen LogP contribution < -0.4 is 10.6 Å². The zero-order valence-electron chi connectivity index (χ0n) is 25.7. The van der Waals surface area contributed by atoms with Gasteiger partial charge in [0.05, 0.1) is 6.20 Å². The van der Waals surface area contributed by atoms with Gasteiger partial charge in [0, 0.05) is 47.4 Å². The van der Waals surface area contributed by atoms with Crippen LogP contribution in [0.25, 0.3) is 22.8 Å². The van der Waals surface area contributed by atoms with E-state index in [1.54, 1.807) is 16.0 Å². The Morgan fingerprint density at radius 3 is 1.60 bits per heavy atom. The topological polar surface area (TPSA) is 125 Å². The van der Waals surface area contributed by atoms with E-state index in [1.165, 1.54) is 0 Å². The average molecular weight is 610 g/mol. The number of rotatable bonds is 8. The Kier molecular flexibility index (Phi) is 7.67. The summed E-state index contributed by atoms with van der Waals surface area (Å²) in [5, 5.41) is 5.94. The molecule has 10 heteroatoms. The smallest absolute Gasteiger partial charge is 0.247 e. The molecule has 45 heavy (non-hydrogen) atoms. The molecule has 3 aromatic rings. The van der Waals surface area contributed by atoms with Crippen molar-refractivity contribution in [1.29, 1.82) is 0 Å². The summed E-state index contributed by atoms with van der Waals surface area (Å²) in [6, 6.07) is 13.8. The minimum Gasteiger partial charge on any atom is -0.436 e. The fourth-order valence-electron chi connectivity index (χ4n) is 6.77. The average Bonchev–Trinajstić information content (AvgIpc) is 3.64. The molecule has 2 saturated carbocycles. The first kappa shape index (κ1) is 29.3. The fourth-order valence-corrected chi connectivity index (χ4v) is 6.77. The van der Waals surface area contributed by atoms with E-state index < -0.39 is 12.1 Å². The normalized spacial score (nSPS) is 26.9. The predicted octanol–water partition coefficient (Wildman–Crippen LogP) is 5.18. The standard InChI is InChI=1S/C35H39N5O5/c1-20-17-26(20)34(43)39-15-3-5-28(39)31(41)37-24-11-7-22(8-12-24)30-19-36-33(45-30)23-9-13-25(14-10-23)38-32(42)29-6-4-16-40(29)35(44)27-18-21(27)2/h7-14,19-21,26-29H,3-6,15-18H2,1-2H3,(H,37,41)(H,38,42)/t20?,21-,26?,27?,28?,29-/m0/s1. The third-order valence-electron chi connectivity index (χ3n) is 9.87. The van der Waals surface area contributed by atoms with Crippen molar-refractivity contribution in [2.24, 2.45) is 23.7 Å². The number of aromatic nitrogens is 1. The van der Waals surface area contributed by atoms with Crippen molar-refractivity contribution in [3.8, 4) is 22.8 Å². The summed E-state index contributed by atoms with van der Waals surface area (Å²) in [5.41, 5.74) is 2.89. The maximum atomic E-state index is 13.0. The van der Waals surface area contributed by atoms with Gasteiger partial charge in [0.2, 0.25) is 29.5 Å². The molecule has 234 valence electrons. The van der Waals surface area contributed by atoms with Gasteiger partial charge in [0.1, 0.15) is 12.1 Å². The molecule has 4 amide bonds. The van der Waals surface area contributed by atoms with Gasteiger partial charge in [-0.1, -0.05) is 13.8 Å². The monoisotopic (exact) mass is 609 g/mol. The van der Waals surface area contributed by atoms with E-state index in [1.807, 2.05) is 48.5 Å². The number of anilines is 2. The largest absolute Gasteiger partial charge is 0.436 e. The maximum absolute atomic E-state index is 13.0. The van der Waals surface area contributed by atoms with Gasteiger partial charge in [-0.2, -0.15) is 0 Å². The number of oxazole rings is 1. The minimum atomic E-state index is -0.420. The summed E-state index contributed by atoms with van der Waals surface area (Å²) in [6.45, 7) is 5.45. The molecule has 4 aliphatic rings. The maximum Gasteiger partial charge on any atom is 0.247 e. The summed E-state index contributed by atoms with van der Waals surface area (Å²) in [4.78, 5) is 59.5. The first-order valence-corrected chi connectivity index (χ1v) is 16.2. The van der Waals surface area contributed by atoms with Crippen molar-refractivity contribution < 1.29 is 23.6 Å². The van der Waals surface area contributed by atoms with Gasteiger partial charge in [-0.15, -0.1) is 0 Å². The molecule has 6 atom stereocenters. The van der Waals surface area contributed by atoms with Crippen LogP contribution in [0.2, 0.25) is 0 Å². The number of hydrogen-bond acceptors (Lipinski definition) is 6. The lowest BCUT2D eigenvalue weighted by Crippen LogP contribution is -2.44. The van der Waals surface area contributed by atoms with E-state index in [9.17, 15) is 19.2 Å². The molecular formula is C35H39N5O5. The highest BCUT2D eigenvalue weighted by Crippen LogP contribution is 2.41. The van der Waals surface area contributed by atoms with Crippen molar-refractivity contribution in [1.82, 2.24) is 14.8 Å². The molecule has 0 spiro atoms. The molecule has 0 bridgehead atoms. The molecule has 10 nitrogen and oxygen atoms in total. The highest BCUT2D eigenvalue weighted by Gasteiger charge is 2.46. The van der Waals surface area contributed by atoms with Crippen molar-refractivity contribution in [3.05, 3.63) is 54.7 Å². The number of likely N-dealkylation sites (tertiary alicyclic amines) is 2. The van der Waals surface area contributed by atoms with Crippen LogP contribution in [0.5, 0.6) is 0 Å². The molecule has 4 fully saturated rings. The summed E-state index contributed by atoms with van der Waals surface area (Å²) in [5.74, 6) is 1.94. The first-order chi connectivity index (χ1) is 21.8. The lowest BCUT2D eigenvalue weighted by molar-refractivity contribution is -0.138.